The summed E-state index contributed by atoms with van der Waals surface area (Å²) in [5.41, 5.74) is -1.68. The summed E-state index contributed by atoms with van der Waals surface area (Å²) in [6.07, 6.45) is -3.63. The summed E-state index contributed by atoms with van der Waals surface area (Å²) in [6, 6.07) is 4.84. The van der Waals surface area contributed by atoms with Gasteiger partial charge in [0.2, 0.25) is 0 Å². The average Bonchev–Trinajstić information content (AvgIpc) is 2.89. The molecule has 0 aromatic heterocycles. The number of carbonyl (C=O) groups is 3. The number of benzene rings is 1. The molecule has 1 heterocycles. The van der Waals surface area contributed by atoms with Gasteiger partial charge >= 0.3 is 18.0 Å². The first-order valence-electron chi connectivity index (χ1n) is 6.59. The molecule has 0 bridgehead atoms. The predicted octanol–water partition coefficient (Wildman–Crippen LogP) is 1.39. The number of likely N-dealkylation sites (tertiary alicyclic amines) is 1. The molecule has 0 saturated carbocycles. The fourth-order valence-electron chi connectivity index (χ4n) is 2.82. The van der Waals surface area contributed by atoms with Gasteiger partial charge in [0.15, 0.2) is 0 Å². The number of aliphatic hydroxyl groups excluding tert-OH is 1. The number of carboxylic acid groups (broad SMARTS) is 3. The van der Waals surface area contributed by atoms with Crippen molar-refractivity contribution in [3.63, 3.8) is 0 Å². The highest BCUT2D eigenvalue weighted by atomic mass is 79.9. The summed E-state index contributed by atoms with van der Waals surface area (Å²) in [5, 5.41) is 38.5. The van der Waals surface area contributed by atoms with Gasteiger partial charge in [-0.1, -0.05) is 34.1 Å². The average molecular weight is 388 g/mol. The Kier molecular flexibility index (Phi) is 4.62. The van der Waals surface area contributed by atoms with Crippen LogP contribution in [-0.4, -0.2) is 55.9 Å². The number of amides is 1. The van der Waals surface area contributed by atoms with E-state index < -0.39 is 48.6 Å². The van der Waals surface area contributed by atoms with E-state index in [-0.39, 0.29) is 5.56 Å². The molecule has 1 aromatic rings. The first kappa shape index (κ1) is 17.2. The lowest BCUT2D eigenvalue weighted by molar-refractivity contribution is -0.156. The zero-order chi connectivity index (χ0) is 17.4. The minimum atomic E-state index is -1.94. The highest BCUT2D eigenvalue weighted by Gasteiger charge is 2.58. The second-order valence-corrected chi connectivity index (χ2v) is 6.21. The van der Waals surface area contributed by atoms with Gasteiger partial charge < -0.3 is 20.4 Å². The van der Waals surface area contributed by atoms with Crippen molar-refractivity contribution in [2.75, 3.05) is 6.54 Å². The Morgan fingerprint density at radius 3 is 2.26 bits per heavy atom. The van der Waals surface area contributed by atoms with E-state index in [0.717, 1.165) is 0 Å². The lowest BCUT2D eigenvalue weighted by Gasteiger charge is -2.30. The number of aliphatic carboxylic acids is 2. The first-order chi connectivity index (χ1) is 10.7. The predicted molar refractivity (Wildman–Crippen MR) is 79.9 cm³/mol. The summed E-state index contributed by atoms with van der Waals surface area (Å²) in [4.78, 5) is 34.8. The van der Waals surface area contributed by atoms with Gasteiger partial charge in [-0.25, -0.2) is 9.59 Å². The van der Waals surface area contributed by atoms with Crippen LogP contribution >= 0.6 is 15.9 Å². The first-order valence-corrected chi connectivity index (χ1v) is 7.38. The quantitative estimate of drug-likeness (QED) is 0.612. The maximum atomic E-state index is 11.8. The van der Waals surface area contributed by atoms with E-state index in [1.54, 1.807) is 18.2 Å². The minimum Gasteiger partial charge on any atom is -0.481 e. The maximum Gasteiger partial charge on any atom is 0.408 e. The van der Waals surface area contributed by atoms with Crippen LogP contribution in [0.5, 0.6) is 0 Å². The molecule has 3 atom stereocenters. The molecule has 9 heteroatoms. The fraction of sp³-hybridized carbons (Fsp3) is 0.357. The molecule has 1 aliphatic heterocycles. The molecule has 4 N–H and O–H groups in total. The summed E-state index contributed by atoms with van der Waals surface area (Å²) in [7, 11) is 0. The molecule has 1 fully saturated rings. The van der Waals surface area contributed by atoms with Gasteiger partial charge in [-0.3, -0.25) is 9.69 Å². The van der Waals surface area contributed by atoms with E-state index in [0.29, 0.717) is 9.37 Å². The minimum absolute atomic E-state index is 0.256. The van der Waals surface area contributed by atoms with Crippen LogP contribution in [0, 0.1) is 5.41 Å². The third-order valence-corrected chi connectivity index (χ3v) is 4.79. The number of rotatable bonds is 4. The van der Waals surface area contributed by atoms with Crippen LogP contribution in [0.3, 0.4) is 0 Å². The largest absolute Gasteiger partial charge is 0.481 e. The molecular formula is C14H14BrNO7. The highest BCUT2D eigenvalue weighted by molar-refractivity contribution is 9.10. The van der Waals surface area contributed by atoms with E-state index in [4.69, 9.17) is 10.2 Å². The van der Waals surface area contributed by atoms with E-state index in [1.165, 1.54) is 6.07 Å². The Morgan fingerprint density at radius 2 is 1.83 bits per heavy atom. The molecule has 124 valence electrons. The maximum absolute atomic E-state index is 11.8. The highest BCUT2D eigenvalue weighted by Crippen LogP contribution is 2.46. The number of nitrogens with zero attached hydrogens (tertiary/aromatic N) is 1. The van der Waals surface area contributed by atoms with Gasteiger partial charge in [0.05, 0.1) is 6.10 Å². The van der Waals surface area contributed by atoms with Gasteiger partial charge in [0, 0.05) is 11.0 Å². The lowest BCUT2D eigenvalue weighted by atomic mass is 9.77. The molecular weight excluding hydrogens is 374 g/mol. The van der Waals surface area contributed by atoms with Crippen molar-refractivity contribution in [2.45, 2.75) is 18.6 Å². The van der Waals surface area contributed by atoms with Crippen LogP contribution in [0.4, 0.5) is 4.79 Å². The van der Waals surface area contributed by atoms with E-state index >= 15 is 0 Å². The normalized spacial score (nSPS) is 25.1. The molecule has 1 saturated heterocycles. The smallest absolute Gasteiger partial charge is 0.408 e. The van der Waals surface area contributed by atoms with E-state index in [9.17, 15) is 24.6 Å². The number of carboxylic acids is 2. The molecule has 1 aromatic carbocycles. The topological polar surface area (TPSA) is 135 Å². The molecule has 1 aliphatic rings. The molecule has 1 amide bonds. The Bertz CT molecular complexity index is 640. The second kappa shape index (κ2) is 6.17. The number of hydrogen-bond acceptors (Lipinski definition) is 4. The van der Waals surface area contributed by atoms with Crippen molar-refractivity contribution >= 4 is 34.0 Å². The zero-order valence-electron chi connectivity index (χ0n) is 11.7. The summed E-state index contributed by atoms with van der Waals surface area (Å²) in [5.74, 6) is -2.90. The van der Waals surface area contributed by atoms with Crippen molar-refractivity contribution in [1.82, 2.24) is 4.90 Å². The number of hydrogen-bond donors (Lipinski definition) is 4. The third-order valence-electron chi connectivity index (χ3n) is 4.07. The van der Waals surface area contributed by atoms with E-state index in [2.05, 4.69) is 15.9 Å². The molecule has 0 radical (unpaired) electrons. The van der Waals surface area contributed by atoms with Crippen LogP contribution < -0.4 is 0 Å². The van der Waals surface area contributed by atoms with Crippen LogP contribution in [0.2, 0.25) is 0 Å². The molecule has 0 aliphatic carbocycles. The van der Waals surface area contributed by atoms with Crippen molar-refractivity contribution in [2.24, 2.45) is 5.41 Å². The molecule has 2 rings (SSSR count). The van der Waals surface area contributed by atoms with Gasteiger partial charge in [-0.05, 0) is 18.1 Å². The number of halogens is 1. The van der Waals surface area contributed by atoms with Crippen molar-refractivity contribution in [3.05, 3.63) is 34.3 Å². The Balaban J connectivity index is 2.49. The zero-order valence-corrected chi connectivity index (χ0v) is 13.3. The Labute approximate surface area is 139 Å². The Morgan fingerprint density at radius 1 is 1.22 bits per heavy atom. The second-order valence-electron chi connectivity index (χ2n) is 5.35. The van der Waals surface area contributed by atoms with Crippen molar-refractivity contribution in [3.8, 4) is 0 Å². The molecule has 23 heavy (non-hydrogen) atoms. The standard InChI is InChI=1S/C14H14BrNO7/c15-8-4-2-1-3-7(8)10(17)14(12(20)21)5-9(11(18)19)16(6-14)13(22)23/h1-4,9-10,17H,5-6H2,(H,18,19)(H,20,21)(H,22,23)/t9-,10?,14-/m0/s1. The van der Waals surface area contributed by atoms with Gasteiger partial charge in [-0.15, -0.1) is 0 Å². The van der Waals surface area contributed by atoms with Crippen LogP contribution in [-0.2, 0) is 9.59 Å². The van der Waals surface area contributed by atoms with Gasteiger partial charge in [0.1, 0.15) is 11.5 Å². The van der Waals surface area contributed by atoms with Crippen LogP contribution in [0.15, 0.2) is 28.7 Å². The van der Waals surface area contributed by atoms with Crippen molar-refractivity contribution < 1.29 is 34.8 Å². The molecule has 8 nitrogen and oxygen atoms in total. The van der Waals surface area contributed by atoms with Crippen molar-refractivity contribution in [1.29, 1.82) is 0 Å². The lowest BCUT2D eigenvalue weighted by Crippen LogP contribution is -2.42. The third kappa shape index (κ3) is 2.89. The SMILES string of the molecule is O=C(O)[C@@H]1C[C@@](C(=O)O)(C(O)c2ccccc2Br)CN1C(=O)O. The van der Waals surface area contributed by atoms with Crippen LogP contribution in [0.25, 0.3) is 0 Å². The summed E-state index contributed by atoms with van der Waals surface area (Å²) >= 11 is 3.21. The van der Waals surface area contributed by atoms with Gasteiger partial charge in [-0.2, -0.15) is 0 Å². The fourth-order valence-corrected chi connectivity index (χ4v) is 3.32. The summed E-state index contributed by atoms with van der Waals surface area (Å²) < 4.78 is 0.453. The van der Waals surface area contributed by atoms with Gasteiger partial charge in [0.25, 0.3) is 0 Å². The van der Waals surface area contributed by atoms with E-state index in [1.807, 2.05) is 0 Å². The summed E-state index contributed by atoms with van der Waals surface area (Å²) in [6.45, 7) is -0.614. The van der Waals surface area contributed by atoms with Crippen LogP contribution in [0.1, 0.15) is 18.1 Å². The Hall–Kier alpha value is -2.13. The molecule has 1 unspecified atom stereocenters. The monoisotopic (exact) mass is 387 g/mol. The number of aliphatic hydroxyl groups is 1. The molecule has 0 spiro atoms.